The van der Waals surface area contributed by atoms with Crippen molar-refractivity contribution < 1.29 is 9.47 Å². The van der Waals surface area contributed by atoms with Gasteiger partial charge in [0.1, 0.15) is 24.7 Å². The molecule has 0 radical (unpaired) electrons. The minimum atomic E-state index is 0.523. The molecule has 0 saturated heterocycles. The van der Waals surface area contributed by atoms with Crippen LogP contribution in [-0.2, 0) is 6.54 Å². The second kappa shape index (κ2) is 6.96. The topological polar surface area (TPSA) is 44.5 Å². The van der Waals surface area contributed by atoms with Crippen LogP contribution in [0.25, 0.3) is 0 Å². The number of aryl methyl sites for hydroxylation is 2. The Morgan fingerprint density at radius 3 is 2.00 bits per heavy atom. The van der Waals surface area contributed by atoms with Gasteiger partial charge in [-0.3, -0.25) is 0 Å². The van der Waals surface area contributed by atoms with Crippen molar-refractivity contribution in [2.45, 2.75) is 20.4 Å². The van der Waals surface area contributed by atoms with E-state index in [4.69, 9.17) is 15.2 Å². The van der Waals surface area contributed by atoms with E-state index >= 15 is 0 Å². The normalized spacial score (nSPS) is 10.3. The van der Waals surface area contributed by atoms with Gasteiger partial charge in [0.2, 0.25) is 0 Å². The Labute approximate surface area is 120 Å². The summed E-state index contributed by atoms with van der Waals surface area (Å²) in [6.07, 6.45) is 0. The molecule has 3 heteroatoms. The highest BCUT2D eigenvalue weighted by Gasteiger charge is 1.98. The van der Waals surface area contributed by atoms with Crippen molar-refractivity contribution in [1.82, 2.24) is 0 Å². The number of benzene rings is 2. The van der Waals surface area contributed by atoms with Gasteiger partial charge in [-0.2, -0.15) is 0 Å². The SMILES string of the molecule is Cc1ccc(OCCOc2ccc(CN)cc2)cc1C. The summed E-state index contributed by atoms with van der Waals surface area (Å²) in [6, 6.07) is 13.9. The Balaban J connectivity index is 1.76. The van der Waals surface area contributed by atoms with Crippen molar-refractivity contribution >= 4 is 0 Å². The lowest BCUT2D eigenvalue weighted by molar-refractivity contribution is 0.217. The van der Waals surface area contributed by atoms with Crippen molar-refractivity contribution in [3.63, 3.8) is 0 Å². The van der Waals surface area contributed by atoms with E-state index in [9.17, 15) is 0 Å². The van der Waals surface area contributed by atoms with Crippen LogP contribution in [0.15, 0.2) is 42.5 Å². The molecule has 20 heavy (non-hydrogen) atoms. The van der Waals surface area contributed by atoms with Gasteiger partial charge in [-0.25, -0.2) is 0 Å². The van der Waals surface area contributed by atoms with Crippen LogP contribution in [0.2, 0.25) is 0 Å². The van der Waals surface area contributed by atoms with E-state index in [-0.39, 0.29) is 0 Å². The van der Waals surface area contributed by atoms with Crippen LogP contribution in [0.4, 0.5) is 0 Å². The molecule has 2 rings (SSSR count). The van der Waals surface area contributed by atoms with Crippen LogP contribution in [0.1, 0.15) is 16.7 Å². The van der Waals surface area contributed by atoms with Gasteiger partial charge in [-0.1, -0.05) is 18.2 Å². The maximum atomic E-state index is 5.66. The molecule has 0 aliphatic heterocycles. The second-order valence-electron chi connectivity index (χ2n) is 4.79. The van der Waals surface area contributed by atoms with Crippen molar-refractivity contribution in [3.05, 3.63) is 59.2 Å². The summed E-state index contributed by atoms with van der Waals surface area (Å²) >= 11 is 0. The van der Waals surface area contributed by atoms with Crippen LogP contribution < -0.4 is 15.2 Å². The van der Waals surface area contributed by atoms with Crippen LogP contribution in [-0.4, -0.2) is 13.2 Å². The minimum Gasteiger partial charge on any atom is -0.490 e. The summed E-state index contributed by atoms with van der Waals surface area (Å²) in [5.74, 6) is 1.72. The van der Waals surface area contributed by atoms with E-state index in [0.29, 0.717) is 19.8 Å². The molecule has 2 aromatic rings. The summed E-state index contributed by atoms with van der Waals surface area (Å²) in [7, 11) is 0. The Hall–Kier alpha value is -2.00. The molecule has 0 aliphatic carbocycles. The summed E-state index contributed by atoms with van der Waals surface area (Å²) in [4.78, 5) is 0. The Morgan fingerprint density at radius 1 is 0.800 bits per heavy atom. The van der Waals surface area contributed by atoms with E-state index < -0.39 is 0 Å². The van der Waals surface area contributed by atoms with Gasteiger partial charge in [-0.15, -0.1) is 0 Å². The zero-order chi connectivity index (χ0) is 14.4. The van der Waals surface area contributed by atoms with E-state index in [2.05, 4.69) is 19.9 Å². The first-order chi connectivity index (χ1) is 9.69. The molecular formula is C17H21NO2. The fraction of sp³-hybridized carbons (Fsp3) is 0.294. The van der Waals surface area contributed by atoms with Crippen LogP contribution in [0.3, 0.4) is 0 Å². The molecule has 0 unspecified atom stereocenters. The lowest BCUT2D eigenvalue weighted by Crippen LogP contribution is -2.09. The Morgan fingerprint density at radius 2 is 1.40 bits per heavy atom. The average Bonchev–Trinajstić information content (AvgIpc) is 2.48. The fourth-order valence-electron chi connectivity index (χ4n) is 1.84. The number of hydrogen-bond donors (Lipinski definition) is 1. The van der Waals surface area contributed by atoms with E-state index in [1.807, 2.05) is 36.4 Å². The average molecular weight is 271 g/mol. The summed E-state index contributed by atoms with van der Waals surface area (Å²) < 4.78 is 11.3. The summed E-state index contributed by atoms with van der Waals surface area (Å²) in [5, 5.41) is 0. The highest BCUT2D eigenvalue weighted by molar-refractivity contribution is 5.33. The van der Waals surface area contributed by atoms with Crippen molar-refractivity contribution in [1.29, 1.82) is 0 Å². The van der Waals surface area contributed by atoms with Gasteiger partial charge in [0.15, 0.2) is 0 Å². The molecule has 0 bridgehead atoms. The number of rotatable bonds is 6. The van der Waals surface area contributed by atoms with Gasteiger partial charge in [0.05, 0.1) is 0 Å². The molecule has 0 aromatic heterocycles. The maximum absolute atomic E-state index is 5.66. The standard InChI is InChI=1S/C17H21NO2/c1-13-3-6-17(11-14(13)2)20-10-9-19-16-7-4-15(12-18)5-8-16/h3-8,11H,9-10,12,18H2,1-2H3. The first-order valence-electron chi connectivity index (χ1n) is 6.81. The van der Waals surface area contributed by atoms with E-state index in [1.54, 1.807) is 0 Å². The van der Waals surface area contributed by atoms with E-state index in [0.717, 1.165) is 17.1 Å². The van der Waals surface area contributed by atoms with Crippen molar-refractivity contribution in [3.8, 4) is 11.5 Å². The van der Waals surface area contributed by atoms with Gasteiger partial charge < -0.3 is 15.2 Å². The molecular weight excluding hydrogens is 250 g/mol. The number of ether oxygens (including phenoxy) is 2. The summed E-state index contributed by atoms with van der Waals surface area (Å²) in [5.41, 5.74) is 9.16. The molecule has 2 aromatic carbocycles. The second-order valence-corrected chi connectivity index (χ2v) is 4.79. The highest BCUT2D eigenvalue weighted by Crippen LogP contribution is 2.16. The monoisotopic (exact) mass is 271 g/mol. The fourth-order valence-corrected chi connectivity index (χ4v) is 1.84. The first kappa shape index (κ1) is 14.4. The van der Waals surface area contributed by atoms with Crippen LogP contribution in [0, 0.1) is 13.8 Å². The van der Waals surface area contributed by atoms with Gasteiger partial charge in [0, 0.05) is 6.54 Å². The van der Waals surface area contributed by atoms with Gasteiger partial charge in [-0.05, 0) is 54.8 Å². The van der Waals surface area contributed by atoms with E-state index in [1.165, 1.54) is 11.1 Å². The molecule has 0 heterocycles. The summed E-state index contributed by atoms with van der Waals surface area (Å²) in [6.45, 7) is 5.77. The molecule has 0 fully saturated rings. The molecule has 0 saturated carbocycles. The lowest BCUT2D eigenvalue weighted by atomic mass is 10.1. The number of nitrogens with two attached hydrogens (primary N) is 1. The van der Waals surface area contributed by atoms with Crippen molar-refractivity contribution in [2.75, 3.05) is 13.2 Å². The van der Waals surface area contributed by atoms with Crippen LogP contribution in [0.5, 0.6) is 11.5 Å². The molecule has 0 aliphatic rings. The third-order valence-electron chi connectivity index (χ3n) is 3.26. The third kappa shape index (κ3) is 4.00. The quantitative estimate of drug-likeness (QED) is 0.820. The Kier molecular flexibility index (Phi) is 5.02. The molecule has 0 spiro atoms. The van der Waals surface area contributed by atoms with Gasteiger partial charge in [0.25, 0.3) is 0 Å². The van der Waals surface area contributed by atoms with Crippen LogP contribution >= 0.6 is 0 Å². The van der Waals surface area contributed by atoms with Crippen molar-refractivity contribution in [2.24, 2.45) is 5.73 Å². The molecule has 3 nitrogen and oxygen atoms in total. The maximum Gasteiger partial charge on any atom is 0.122 e. The number of hydrogen-bond acceptors (Lipinski definition) is 3. The van der Waals surface area contributed by atoms with Gasteiger partial charge >= 0.3 is 0 Å². The highest BCUT2D eigenvalue weighted by atomic mass is 16.5. The predicted molar refractivity (Wildman–Crippen MR) is 81.2 cm³/mol. The predicted octanol–water partition coefficient (Wildman–Crippen LogP) is 3.22. The lowest BCUT2D eigenvalue weighted by Gasteiger charge is -2.10. The third-order valence-corrected chi connectivity index (χ3v) is 3.26. The molecule has 106 valence electrons. The zero-order valence-corrected chi connectivity index (χ0v) is 12.1. The molecule has 0 amide bonds. The first-order valence-corrected chi connectivity index (χ1v) is 6.81. The molecule has 2 N–H and O–H groups in total. The Bertz CT molecular complexity index is 549. The smallest absolute Gasteiger partial charge is 0.122 e. The minimum absolute atomic E-state index is 0.523. The largest absolute Gasteiger partial charge is 0.490 e. The molecule has 0 atom stereocenters. The zero-order valence-electron chi connectivity index (χ0n) is 12.1.